The Kier molecular flexibility index (Phi) is 3.36. The van der Waals surface area contributed by atoms with Crippen molar-refractivity contribution < 1.29 is 19.0 Å². The Hall–Kier alpha value is -3.10. The molecule has 1 fully saturated rings. The Labute approximate surface area is 181 Å². The number of aryl methyl sites for hydroxylation is 1. The van der Waals surface area contributed by atoms with Crippen LogP contribution in [0, 0.1) is 12.7 Å². The van der Waals surface area contributed by atoms with E-state index in [0.717, 1.165) is 42.4 Å². The number of aliphatic hydroxyl groups excluding tert-OH is 1. The first-order valence-corrected chi connectivity index (χ1v) is 10.9. The summed E-state index contributed by atoms with van der Waals surface area (Å²) in [6.45, 7) is 3.74. The number of benzene rings is 1. The Morgan fingerprint density at radius 1 is 1.25 bits per heavy atom. The zero-order valence-corrected chi connectivity index (χ0v) is 17.4. The van der Waals surface area contributed by atoms with E-state index in [4.69, 9.17) is 9.72 Å². The first kappa shape index (κ1) is 18.5. The highest BCUT2D eigenvalue weighted by Crippen LogP contribution is 2.49. The molecule has 1 aliphatic carbocycles. The van der Waals surface area contributed by atoms with Crippen molar-refractivity contribution in [2.45, 2.75) is 44.4 Å². The van der Waals surface area contributed by atoms with Crippen LogP contribution in [0.4, 0.5) is 4.39 Å². The van der Waals surface area contributed by atoms with Crippen LogP contribution in [0.5, 0.6) is 0 Å². The molecule has 0 unspecified atom stereocenters. The van der Waals surface area contributed by atoms with Gasteiger partial charge in [-0.05, 0) is 42.5 Å². The van der Waals surface area contributed by atoms with Crippen LogP contribution >= 0.6 is 0 Å². The third-order valence-electron chi connectivity index (χ3n) is 7.88. The van der Waals surface area contributed by atoms with E-state index in [1.54, 1.807) is 10.6 Å². The standard InChI is InChI=1S/C24H20FN3O4/c1-10-11-2-3-24(8-26-9-24)19-13-6-28-17(20(13)27-16(18(11)19)5-15(10)25)4-12-14(22(28)30)7-32-23(31)21(12)29/h4-5,21,26,29H,2-3,6-9H2,1H3/t21-/m0/s1. The lowest BCUT2D eigenvalue weighted by molar-refractivity contribution is -0.157. The zero-order valence-electron chi connectivity index (χ0n) is 17.4. The minimum atomic E-state index is -1.49. The first-order valence-electron chi connectivity index (χ1n) is 10.9. The lowest BCUT2D eigenvalue weighted by Gasteiger charge is -2.47. The number of nitrogens with one attached hydrogen (secondary N) is 1. The van der Waals surface area contributed by atoms with Gasteiger partial charge in [0.05, 0.1) is 29.0 Å². The van der Waals surface area contributed by atoms with Crippen LogP contribution in [0.15, 0.2) is 16.9 Å². The van der Waals surface area contributed by atoms with Gasteiger partial charge in [-0.15, -0.1) is 0 Å². The van der Waals surface area contributed by atoms with Gasteiger partial charge in [0.15, 0.2) is 6.10 Å². The summed E-state index contributed by atoms with van der Waals surface area (Å²) < 4.78 is 21.4. The summed E-state index contributed by atoms with van der Waals surface area (Å²) in [5, 5.41) is 14.8. The molecule has 0 bridgehead atoms. The number of halogens is 1. The molecule has 1 atom stereocenters. The lowest BCUT2D eigenvalue weighted by atomic mass is 9.64. The van der Waals surface area contributed by atoms with Gasteiger partial charge in [-0.3, -0.25) is 4.79 Å². The molecule has 8 heteroatoms. The highest BCUT2D eigenvalue weighted by molar-refractivity contribution is 5.94. The van der Waals surface area contributed by atoms with Gasteiger partial charge < -0.3 is 19.7 Å². The molecule has 2 aromatic heterocycles. The van der Waals surface area contributed by atoms with Crippen molar-refractivity contribution >= 4 is 16.9 Å². The number of nitrogens with zero attached hydrogens (tertiary/aromatic N) is 2. The second-order valence-electron chi connectivity index (χ2n) is 9.42. The molecule has 5 heterocycles. The number of fused-ring (bicyclic) bond motifs is 6. The number of rotatable bonds is 0. The maximum absolute atomic E-state index is 14.8. The number of aromatic nitrogens is 2. The number of aliphatic hydroxyl groups is 1. The van der Waals surface area contributed by atoms with E-state index < -0.39 is 12.1 Å². The van der Waals surface area contributed by atoms with Crippen LogP contribution in [0.25, 0.3) is 22.3 Å². The minimum Gasteiger partial charge on any atom is -0.458 e. The SMILES string of the molecule is Cc1c(F)cc2nc3c(c4c2c1CCC41CNC1)Cn1c-3cc2c(c1=O)COC(=O)[C@H]2O. The van der Waals surface area contributed by atoms with Crippen LogP contribution in [0.3, 0.4) is 0 Å². The predicted octanol–water partition coefficient (Wildman–Crippen LogP) is 1.75. The fourth-order valence-corrected chi connectivity index (χ4v) is 6.10. The van der Waals surface area contributed by atoms with Crippen molar-refractivity contribution in [1.82, 2.24) is 14.9 Å². The average molecular weight is 433 g/mol. The van der Waals surface area contributed by atoms with Gasteiger partial charge in [-0.25, -0.2) is 14.2 Å². The number of ether oxygens (including phenoxy) is 1. The number of pyridine rings is 2. The third kappa shape index (κ3) is 2.05. The summed E-state index contributed by atoms with van der Waals surface area (Å²) >= 11 is 0. The highest BCUT2D eigenvalue weighted by Gasteiger charge is 2.46. The van der Waals surface area contributed by atoms with E-state index >= 15 is 0 Å². The molecule has 0 amide bonds. The van der Waals surface area contributed by atoms with E-state index in [2.05, 4.69) is 5.32 Å². The van der Waals surface area contributed by atoms with Crippen molar-refractivity contribution in [2.75, 3.05) is 13.1 Å². The van der Waals surface area contributed by atoms with Gasteiger partial charge in [-0.1, -0.05) is 0 Å². The number of hydrogen-bond donors (Lipinski definition) is 2. The molecule has 0 radical (unpaired) electrons. The van der Waals surface area contributed by atoms with Crippen molar-refractivity contribution in [3.8, 4) is 11.4 Å². The van der Waals surface area contributed by atoms with E-state index in [1.807, 2.05) is 6.92 Å². The number of carbonyl (C=O) groups excluding carboxylic acids is 1. The summed E-state index contributed by atoms with van der Waals surface area (Å²) in [7, 11) is 0. The van der Waals surface area contributed by atoms with Gasteiger partial charge in [0, 0.05) is 41.1 Å². The molecule has 7 nitrogen and oxygen atoms in total. The van der Waals surface area contributed by atoms with Crippen LogP contribution in [0.2, 0.25) is 0 Å². The quantitative estimate of drug-likeness (QED) is 0.411. The normalized spacial score (nSPS) is 21.7. The largest absolute Gasteiger partial charge is 0.458 e. The summed E-state index contributed by atoms with van der Waals surface area (Å²) in [6.07, 6.45) is 0.238. The molecule has 0 saturated carbocycles. The number of hydrogen-bond acceptors (Lipinski definition) is 6. The van der Waals surface area contributed by atoms with E-state index in [9.17, 15) is 19.1 Å². The third-order valence-corrected chi connectivity index (χ3v) is 7.88. The van der Waals surface area contributed by atoms with Crippen molar-refractivity contribution in [1.29, 1.82) is 0 Å². The molecule has 7 rings (SSSR count). The predicted molar refractivity (Wildman–Crippen MR) is 113 cm³/mol. The molecule has 3 aliphatic heterocycles. The minimum absolute atomic E-state index is 0.0492. The first-order chi connectivity index (χ1) is 15.4. The zero-order chi connectivity index (χ0) is 21.9. The van der Waals surface area contributed by atoms with Crippen molar-refractivity contribution in [3.63, 3.8) is 0 Å². The molecule has 4 aliphatic rings. The Morgan fingerprint density at radius 2 is 2.06 bits per heavy atom. The van der Waals surface area contributed by atoms with Crippen molar-refractivity contribution in [2.24, 2.45) is 0 Å². The molecule has 1 saturated heterocycles. The smallest absolute Gasteiger partial charge is 0.340 e. The molecule has 162 valence electrons. The molecule has 1 spiro atoms. The van der Waals surface area contributed by atoms with Crippen LogP contribution in [0.1, 0.15) is 45.9 Å². The highest BCUT2D eigenvalue weighted by atomic mass is 19.1. The summed E-state index contributed by atoms with van der Waals surface area (Å²) in [4.78, 5) is 30.0. The Balaban J connectivity index is 1.58. The van der Waals surface area contributed by atoms with Gasteiger partial charge in [0.25, 0.3) is 5.56 Å². The van der Waals surface area contributed by atoms with Gasteiger partial charge in [-0.2, -0.15) is 0 Å². The van der Waals surface area contributed by atoms with Gasteiger partial charge in [0.1, 0.15) is 12.4 Å². The van der Waals surface area contributed by atoms with E-state index in [-0.39, 0.29) is 29.0 Å². The fourth-order valence-electron chi connectivity index (χ4n) is 6.10. The Bertz CT molecular complexity index is 1470. The van der Waals surface area contributed by atoms with Crippen LogP contribution in [-0.2, 0) is 34.5 Å². The number of cyclic esters (lactones) is 1. The monoisotopic (exact) mass is 433 g/mol. The van der Waals surface area contributed by atoms with E-state index in [1.165, 1.54) is 11.6 Å². The van der Waals surface area contributed by atoms with E-state index in [0.29, 0.717) is 34.6 Å². The topological polar surface area (TPSA) is 93.5 Å². The Morgan fingerprint density at radius 3 is 2.81 bits per heavy atom. The second-order valence-corrected chi connectivity index (χ2v) is 9.42. The molecular formula is C24H20FN3O4. The molecule has 32 heavy (non-hydrogen) atoms. The van der Waals surface area contributed by atoms with Gasteiger partial charge >= 0.3 is 5.97 Å². The maximum atomic E-state index is 14.8. The molecule has 3 aromatic rings. The summed E-state index contributed by atoms with van der Waals surface area (Å²) in [5.41, 5.74) is 5.90. The van der Waals surface area contributed by atoms with Crippen LogP contribution < -0.4 is 10.9 Å². The van der Waals surface area contributed by atoms with Crippen molar-refractivity contribution in [3.05, 3.63) is 61.7 Å². The molecule has 1 aromatic carbocycles. The average Bonchev–Trinajstić information content (AvgIpc) is 3.12. The lowest BCUT2D eigenvalue weighted by Crippen LogP contribution is -2.58. The molecular weight excluding hydrogens is 413 g/mol. The molecule has 2 N–H and O–H groups in total. The summed E-state index contributed by atoms with van der Waals surface area (Å²) in [6, 6.07) is 3.17. The number of carbonyl (C=O) groups is 1. The number of esters is 1. The van der Waals surface area contributed by atoms with Gasteiger partial charge in [0.2, 0.25) is 0 Å². The fraction of sp³-hybridized carbons (Fsp3) is 0.375. The maximum Gasteiger partial charge on any atom is 0.340 e. The summed E-state index contributed by atoms with van der Waals surface area (Å²) in [5.74, 6) is -1.03. The second kappa shape index (κ2) is 5.82. The van der Waals surface area contributed by atoms with Crippen LogP contribution in [-0.4, -0.2) is 33.7 Å².